The van der Waals surface area contributed by atoms with Crippen LogP contribution in [0.25, 0.3) is 0 Å². The zero-order valence-corrected chi connectivity index (χ0v) is 8.54. The van der Waals surface area contributed by atoms with Crippen LogP contribution in [0.3, 0.4) is 0 Å². The van der Waals surface area contributed by atoms with Gasteiger partial charge in [-0.15, -0.1) is 0 Å². The highest BCUT2D eigenvalue weighted by atomic mass is 16.5. The molecule has 0 radical (unpaired) electrons. The number of rotatable bonds is 2. The summed E-state index contributed by atoms with van der Waals surface area (Å²) in [6.07, 6.45) is 1.01. The van der Waals surface area contributed by atoms with E-state index < -0.39 is 0 Å². The van der Waals surface area contributed by atoms with Gasteiger partial charge >= 0.3 is 0 Å². The molecule has 2 rings (SSSR count). The Morgan fingerprint density at radius 2 is 2.00 bits per heavy atom. The first-order valence-electron chi connectivity index (χ1n) is 4.80. The summed E-state index contributed by atoms with van der Waals surface area (Å²) >= 11 is 0. The fourth-order valence-corrected chi connectivity index (χ4v) is 1.68. The third-order valence-electron chi connectivity index (χ3n) is 3.03. The number of hydrogen-bond donors (Lipinski definition) is 0. The molecule has 0 atom stereocenters. The first-order chi connectivity index (χ1) is 6.68. The number of aldehydes is 1. The lowest BCUT2D eigenvalue weighted by atomic mass is 9.79. The summed E-state index contributed by atoms with van der Waals surface area (Å²) in [4.78, 5) is 11.0. The molecule has 74 valence electrons. The van der Waals surface area contributed by atoms with Crippen LogP contribution in [0.4, 0.5) is 0 Å². The molecule has 0 unspecified atom stereocenters. The van der Waals surface area contributed by atoms with Gasteiger partial charge in [-0.25, -0.2) is 0 Å². The van der Waals surface area contributed by atoms with E-state index in [4.69, 9.17) is 4.74 Å². The maximum absolute atomic E-state index is 11.0. The summed E-state index contributed by atoms with van der Waals surface area (Å²) in [5.74, 6) is 0. The van der Waals surface area contributed by atoms with Crippen molar-refractivity contribution in [2.45, 2.75) is 19.3 Å². The quantitative estimate of drug-likeness (QED) is 0.664. The summed E-state index contributed by atoms with van der Waals surface area (Å²) in [7, 11) is 0. The number of aryl methyl sites for hydroxylation is 2. The molecule has 0 amide bonds. The summed E-state index contributed by atoms with van der Waals surface area (Å²) in [5.41, 5.74) is 3.21. The van der Waals surface area contributed by atoms with E-state index in [2.05, 4.69) is 26.0 Å². The van der Waals surface area contributed by atoms with E-state index in [0.717, 1.165) is 11.8 Å². The molecule has 0 saturated carbocycles. The van der Waals surface area contributed by atoms with Crippen molar-refractivity contribution in [1.82, 2.24) is 0 Å². The van der Waals surface area contributed by atoms with E-state index in [1.807, 2.05) is 6.07 Å². The van der Waals surface area contributed by atoms with E-state index in [1.165, 1.54) is 11.1 Å². The fraction of sp³-hybridized carbons (Fsp3) is 0.417. The van der Waals surface area contributed by atoms with Gasteiger partial charge in [0.1, 0.15) is 6.29 Å². The van der Waals surface area contributed by atoms with Crippen LogP contribution in [0.1, 0.15) is 16.7 Å². The standard InChI is InChI=1S/C12H14O2/c1-9-3-4-11(5-10(9)2)12(6-13)7-14-8-12/h3-6H,7-8H2,1-2H3. The number of hydrogen-bond acceptors (Lipinski definition) is 2. The lowest BCUT2D eigenvalue weighted by molar-refractivity contribution is -0.129. The van der Waals surface area contributed by atoms with E-state index in [9.17, 15) is 4.79 Å². The molecule has 1 saturated heterocycles. The van der Waals surface area contributed by atoms with Gasteiger partial charge in [0.05, 0.1) is 18.6 Å². The fourth-order valence-electron chi connectivity index (χ4n) is 1.68. The van der Waals surface area contributed by atoms with Crippen LogP contribution in [0.15, 0.2) is 18.2 Å². The zero-order valence-electron chi connectivity index (χ0n) is 8.54. The molecular weight excluding hydrogens is 176 g/mol. The average molecular weight is 190 g/mol. The van der Waals surface area contributed by atoms with Crippen LogP contribution in [-0.2, 0) is 14.9 Å². The Hall–Kier alpha value is -1.15. The van der Waals surface area contributed by atoms with Crippen molar-refractivity contribution in [2.24, 2.45) is 0 Å². The lowest BCUT2D eigenvalue weighted by Gasteiger charge is -2.37. The van der Waals surface area contributed by atoms with Gasteiger partial charge in [-0.1, -0.05) is 18.2 Å². The van der Waals surface area contributed by atoms with E-state index in [1.54, 1.807) is 0 Å². The van der Waals surface area contributed by atoms with E-state index in [-0.39, 0.29) is 5.41 Å². The summed E-state index contributed by atoms with van der Waals surface area (Å²) in [6, 6.07) is 6.18. The van der Waals surface area contributed by atoms with Crippen molar-refractivity contribution in [3.63, 3.8) is 0 Å². The van der Waals surface area contributed by atoms with Crippen molar-refractivity contribution < 1.29 is 9.53 Å². The van der Waals surface area contributed by atoms with Crippen molar-refractivity contribution >= 4 is 6.29 Å². The van der Waals surface area contributed by atoms with Crippen LogP contribution >= 0.6 is 0 Å². The second-order valence-corrected chi connectivity index (χ2v) is 4.07. The van der Waals surface area contributed by atoms with Gasteiger partial charge in [0, 0.05) is 0 Å². The molecule has 0 N–H and O–H groups in total. The van der Waals surface area contributed by atoms with E-state index in [0.29, 0.717) is 13.2 Å². The van der Waals surface area contributed by atoms with Crippen LogP contribution in [0, 0.1) is 13.8 Å². The molecule has 0 bridgehead atoms. The first kappa shape index (κ1) is 9.41. The maximum Gasteiger partial charge on any atom is 0.135 e. The Labute approximate surface area is 83.9 Å². The molecule has 1 aromatic carbocycles. The van der Waals surface area contributed by atoms with Gasteiger partial charge in [-0.2, -0.15) is 0 Å². The number of benzene rings is 1. The molecule has 14 heavy (non-hydrogen) atoms. The van der Waals surface area contributed by atoms with Gasteiger partial charge in [0.15, 0.2) is 0 Å². The van der Waals surface area contributed by atoms with Gasteiger partial charge in [0.25, 0.3) is 0 Å². The van der Waals surface area contributed by atoms with Crippen LogP contribution in [0.5, 0.6) is 0 Å². The van der Waals surface area contributed by atoms with Gasteiger partial charge in [0.2, 0.25) is 0 Å². The van der Waals surface area contributed by atoms with Crippen molar-refractivity contribution in [3.05, 3.63) is 34.9 Å². The van der Waals surface area contributed by atoms with Gasteiger partial charge in [-0.05, 0) is 30.5 Å². The molecule has 0 spiro atoms. The molecule has 1 heterocycles. The summed E-state index contributed by atoms with van der Waals surface area (Å²) in [6.45, 7) is 5.19. The topological polar surface area (TPSA) is 26.3 Å². The molecule has 2 nitrogen and oxygen atoms in total. The first-order valence-corrected chi connectivity index (χ1v) is 4.80. The smallest absolute Gasteiger partial charge is 0.135 e. The second kappa shape index (κ2) is 3.21. The normalized spacial score (nSPS) is 18.7. The molecule has 0 aliphatic carbocycles. The van der Waals surface area contributed by atoms with Gasteiger partial charge in [-0.3, -0.25) is 0 Å². The monoisotopic (exact) mass is 190 g/mol. The Morgan fingerprint density at radius 1 is 1.29 bits per heavy atom. The highest BCUT2D eigenvalue weighted by Crippen LogP contribution is 2.31. The molecule has 1 fully saturated rings. The van der Waals surface area contributed by atoms with Crippen molar-refractivity contribution in [1.29, 1.82) is 0 Å². The third-order valence-corrected chi connectivity index (χ3v) is 3.03. The van der Waals surface area contributed by atoms with Crippen LogP contribution in [0.2, 0.25) is 0 Å². The third kappa shape index (κ3) is 1.26. The lowest BCUT2D eigenvalue weighted by Crippen LogP contribution is -2.48. The van der Waals surface area contributed by atoms with Crippen LogP contribution < -0.4 is 0 Å². The largest absolute Gasteiger partial charge is 0.379 e. The predicted molar refractivity (Wildman–Crippen MR) is 54.5 cm³/mol. The Kier molecular flexibility index (Phi) is 2.16. The minimum Gasteiger partial charge on any atom is -0.379 e. The maximum atomic E-state index is 11.0. The molecule has 1 aromatic rings. The SMILES string of the molecule is Cc1ccc(C2(C=O)COC2)cc1C. The average Bonchev–Trinajstić information content (AvgIpc) is 2.10. The zero-order chi connectivity index (χ0) is 10.2. The minimum atomic E-state index is -0.363. The van der Waals surface area contributed by atoms with Crippen molar-refractivity contribution in [2.75, 3.05) is 13.2 Å². The second-order valence-electron chi connectivity index (χ2n) is 4.07. The number of carbonyl (C=O) groups excluding carboxylic acids is 1. The minimum absolute atomic E-state index is 0.363. The molecule has 1 aliphatic heterocycles. The van der Waals surface area contributed by atoms with E-state index >= 15 is 0 Å². The predicted octanol–water partition coefficient (Wildman–Crippen LogP) is 1.77. The van der Waals surface area contributed by atoms with Crippen molar-refractivity contribution in [3.8, 4) is 0 Å². The number of carbonyl (C=O) groups is 1. The van der Waals surface area contributed by atoms with Crippen LogP contribution in [-0.4, -0.2) is 19.5 Å². The molecule has 0 aromatic heterocycles. The Balaban J connectivity index is 2.41. The molecule has 1 aliphatic rings. The highest BCUT2D eigenvalue weighted by molar-refractivity contribution is 5.70. The molecular formula is C12H14O2. The Morgan fingerprint density at radius 3 is 2.43 bits per heavy atom. The molecule has 2 heteroatoms. The number of ether oxygens (including phenoxy) is 1. The summed E-state index contributed by atoms with van der Waals surface area (Å²) in [5, 5.41) is 0. The highest BCUT2D eigenvalue weighted by Gasteiger charge is 2.40. The Bertz CT molecular complexity index is 365. The summed E-state index contributed by atoms with van der Waals surface area (Å²) < 4.78 is 5.12. The van der Waals surface area contributed by atoms with Gasteiger partial charge < -0.3 is 9.53 Å².